The van der Waals surface area contributed by atoms with Crippen LogP contribution < -0.4 is 5.32 Å². The van der Waals surface area contributed by atoms with E-state index >= 15 is 0 Å². The Bertz CT molecular complexity index is 781. The predicted octanol–water partition coefficient (Wildman–Crippen LogP) is 3.35. The minimum absolute atomic E-state index is 0.132. The summed E-state index contributed by atoms with van der Waals surface area (Å²) in [5.74, 6) is -0.615. The summed E-state index contributed by atoms with van der Waals surface area (Å²) in [4.78, 5) is 16.0. The summed E-state index contributed by atoms with van der Waals surface area (Å²) < 4.78 is 13.0. The molecule has 1 amide bonds. The number of hydrogen-bond donors (Lipinski definition) is 3. The standard InChI is InChI=1S/C17H15FN2O2S/c18-12-5-3-11(4-6-12)13-8-19-9-14(13)17(22)20-10-15(21)16-2-1-7-23-16/h1-9,15,19,21H,10H2,(H,20,22). The topological polar surface area (TPSA) is 65.1 Å². The molecular weight excluding hydrogens is 315 g/mol. The maximum absolute atomic E-state index is 13.0. The number of H-pyrrole nitrogens is 1. The Morgan fingerprint density at radius 3 is 2.74 bits per heavy atom. The van der Waals surface area contributed by atoms with Crippen LogP contribution in [0.15, 0.2) is 54.2 Å². The van der Waals surface area contributed by atoms with Gasteiger partial charge in [-0.3, -0.25) is 4.79 Å². The van der Waals surface area contributed by atoms with E-state index in [0.717, 1.165) is 10.4 Å². The number of amides is 1. The Morgan fingerprint density at radius 2 is 2.04 bits per heavy atom. The summed E-state index contributed by atoms with van der Waals surface area (Å²) >= 11 is 1.44. The number of halogens is 1. The zero-order valence-electron chi connectivity index (χ0n) is 12.1. The van der Waals surface area contributed by atoms with Crippen LogP contribution in [0.1, 0.15) is 21.3 Å². The van der Waals surface area contributed by atoms with Gasteiger partial charge in [-0.2, -0.15) is 0 Å². The lowest BCUT2D eigenvalue weighted by molar-refractivity contribution is 0.0919. The molecule has 6 heteroatoms. The molecule has 0 aliphatic carbocycles. The molecule has 0 saturated heterocycles. The number of carbonyl (C=O) groups excluding carboxylic acids is 1. The number of carbonyl (C=O) groups is 1. The highest BCUT2D eigenvalue weighted by atomic mass is 32.1. The average Bonchev–Trinajstić information content (AvgIpc) is 3.24. The highest BCUT2D eigenvalue weighted by Crippen LogP contribution is 2.24. The third-order valence-corrected chi connectivity index (χ3v) is 4.45. The van der Waals surface area contributed by atoms with Crippen LogP contribution in [-0.4, -0.2) is 22.5 Å². The Kier molecular flexibility index (Phi) is 4.55. The number of thiophene rings is 1. The first-order valence-corrected chi connectivity index (χ1v) is 7.95. The second-order valence-electron chi connectivity index (χ2n) is 5.03. The van der Waals surface area contributed by atoms with Crippen LogP contribution >= 0.6 is 11.3 Å². The van der Waals surface area contributed by atoms with E-state index < -0.39 is 6.10 Å². The van der Waals surface area contributed by atoms with Crippen LogP contribution in [0.25, 0.3) is 11.1 Å². The van der Waals surface area contributed by atoms with Crippen molar-refractivity contribution in [3.63, 3.8) is 0 Å². The first kappa shape index (κ1) is 15.5. The van der Waals surface area contributed by atoms with Crippen molar-refractivity contribution in [3.05, 3.63) is 70.4 Å². The molecule has 23 heavy (non-hydrogen) atoms. The van der Waals surface area contributed by atoms with Gasteiger partial charge in [0.25, 0.3) is 5.91 Å². The highest BCUT2D eigenvalue weighted by Gasteiger charge is 2.16. The predicted molar refractivity (Wildman–Crippen MR) is 87.8 cm³/mol. The zero-order chi connectivity index (χ0) is 16.2. The Labute approximate surface area is 136 Å². The van der Waals surface area contributed by atoms with Gasteiger partial charge >= 0.3 is 0 Å². The molecule has 1 unspecified atom stereocenters. The van der Waals surface area contributed by atoms with E-state index in [2.05, 4.69) is 10.3 Å². The van der Waals surface area contributed by atoms with E-state index in [1.807, 2.05) is 17.5 Å². The Hall–Kier alpha value is -2.44. The van der Waals surface area contributed by atoms with E-state index in [4.69, 9.17) is 0 Å². The SMILES string of the molecule is O=C(NCC(O)c1cccs1)c1c[nH]cc1-c1ccc(F)cc1. The first-order chi connectivity index (χ1) is 11.1. The van der Waals surface area contributed by atoms with Gasteiger partial charge in [0.2, 0.25) is 0 Å². The molecule has 3 rings (SSSR count). The number of aliphatic hydroxyl groups excluding tert-OH is 1. The largest absolute Gasteiger partial charge is 0.386 e. The minimum Gasteiger partial charge on any atom is -0.386 e. The Balaban J connectivity index is 1.71. The van der Waals surface area contributed by atoms with Crippen LogP contribution in [0.5, 0.6) is 0 Å². The normalized spacial score (nSPS) is 12.1. The molecule has 2 heterocycles. The van der Waals surface area contributed by atoms with Crippen molar-refractivity contribution >= 4 is 17.2 Å². The monoisotopic (exact) mass is 330 g/mol. The molecule has 0 aliphatic rings. The third-order valence-electron chi connectivity index (χ3n) is 3.47. The Morgan fingerprint density at radius 1 is 1.26 bits per heavy atom. The van der Waals surface area contributed by atoms with Crippen LogP contribution in [0.2, 0.25) is 0 Å². The third kappa shape index (κ3) is 3.49. The maximum atomic E-state index is 13.0. The highest BCUT2D eigenvalue weighted by molar-refractivity contribution is 7.10. The fraction of sp³-hybridized carbons (Fsp3) is 0.118. The molecule has 0 fully saturated rings. The number of aromatic nitrogens is 1. The molecule has 0 radical (unpaired) electrons. The van der Waals surface area contributed by atoms with Crippen molar-refractivity contribution in [2.75, 3.05) is 6.54 Å². The second-order valence-corrected chi connectivity index (χ2v) is 6.01. The molecule has 3 N–H and O–H groups in total. The van der Waals surface area contributed by atoms with Gasteiger partial charge in [-0.05, 0) is 29.1 Å². The van der Waals surface area contributed by atoms with Gasteiger partial charge in [-0.15, -0.1) is 11.3 Å². The summed E-state index contributed by atoms with van der Waals surface area (Å²) in [6.07, 6.45) is 2.55. The average molecular weight is 330 g/mol. The van der Waals surface area contributed by atoms with Gasteiger partial charge in [0.05, 0.1) is 5.56 Å². The van der Waals surface area contributed by atoms with Gasteiger partial charge in [0, 0.05) is 29.4 Å². The molecule has 3 aromatic rings. The summed E-state index contributed by atoms with van der Waals surface area (Å²) in [5, 5.41) is 14.6. The summed E-state index contributed by atoms with van der Waals surface area (Å²) in [6.45, 7) is 0.132. The fourth-order valence-corrected chi connectivity index (χ4v) is 3.00. The maximum Gasteiger partial charge on any atom is 0.253 e. The van der Waals surface area contributed by atoms with Crippen molar-refractivity contribution in [3.8, 4) is 11.1 Å². The van der Waals surface area contributed by atoms with Crippen molar-refractivity contribution in [2.45, 2.75) is 6.10 Å². The van der Waals surface area contributed by atoms with E-state index in [1.165, 1.54) is 23.5 Å². The molecule has 0 bridgehead atoms. The molecule has 118 valence electrons. The lowest BCUT2D eigenvalue weighted by Gasteiger charge is -2.10. The molecule has 1 aromatic carbocycles. The molecule has 0 aliphatic heterocycles. The summed E-state index contributed by atoms with van der Waals surface area (Å²) in [5.41, 5.74) is 1.89. The molecule has 2 aromatic heterocycles. The van der Waals surface area contributed by atoms with Gasteiger partial charge < -0.3 is 15.4 Å². The van der Waals surface area contributed by atoms with Crippen molar-refractivity contribution in [1.82, 2.24) is 10.3 Å². The van der Waals surface area contributed by atoms with E-state index in [0.29, 0.717) is 11.1 Å². The summed E-state index contributed by atoms with van der Waals surface area (Å²) in [6, 6.07) is 9.62. The fourth-order valence-electron chi connectivity index (χ4n) is 2.29. The number of hydrogen-bond acceptors (Lipinski definition) is 3. The zero-order valence-corrected chi connectivity index (χ0v) is 12.9. The molecule has 4 nitrogen and oxygen atoms in total. The number of aromatic amines is 1. The van der Waals surface area contributed by atoms with Crippen LogP contribution in [-0.2, 0) is 0 Å². The van der Waals surface area contributed by atoms with Crippen molar-refractivity contribution in [1.29, 1.82) is 0 Å². The second kappa shape index (κ2) is 6.76. The molecule has 0 spiro atoms. The van der Waals surface area contributed by atoms with Gasteiger partial charge in [0.15, 0.2) is 0 Å². The smallest absolute Gasteiger partial charge is 0.253 e. The lowest BCUT2D eigenvalue weighted by Crippen LogP contribution is -2.28. The molecule has 1 atom stereocenters. The number of aliphatic hydroxyl groups is 1. The number of benzene rings is 1. The van der Waals surface area contributed by atoms with Crippen molar-refractivity contribution < 1.29 is 14.3 Å². The quantitative estimate of drug-likeness (QED) is 0.672. The lowest BCUT2D eigenvalue weighted by atomic mass is 10.0. The van der Waals surface area contributed by atoms with Crippen LogP contribution in [0.4, 0.5) is 4.39 Å². The summed E-state index contributed by atoms with van der Waals surface area (Å²) in [7, 11) is 0. The van der Waals surface area contributed by atoms with E-state index in [1.54, 1.807) is 24.5 Å². The van der Waals surface area contributed by atoms with E-state index in [-0.39, 0.29) is 18.3 Å². The number of rotatable bonds is 5. The van der Waals surface area contributed by atoms with Crippen LogP contribution in [0.3, 0.4) is 0 Å². The van der Waals surface area contributed by atoms with Gasteiger partial charge in [-0.25, -0.2) is 4.39 Å². The minimum atomic E-state index is -0.729. The molecular formula is C17H15FN2O2S. The van der Waals surface area contributed by atoms with Gasteiger partial charge in [0.1, 0.15) is 11.9 Å². The number of nitrogens with one attached hydrogen (secondary N) is 2. The van der Waals surface area contributed by atoms with E-state index in [9.17, 15) is 14.3 Å². The molecule has 0 saturated carbocycles. The van der Waals surface area contributed by atoms with Gasteiger partial charge in [-0.1, -0.05) is 18.2 Å². The van der Waals surface area contributed by atoms with Crippen molar-refractivity contribution in [2.24, 2.45) is 0 Å². The first-order valence-electron chi connectivity index (χ1n) is 7.07. The van der Waals surface area contributed by atoms with Crippen LogP contribution in [0, 0.1) is 5.82 Å².